The number of aromatic nitrogens is 2. The molecule has 1 saturated heterocycles. The van der Waals surface area contributed by atoms with E-state index in [1.54, 1.807) is 13.0 Å². The molecule has 0 aliphatic carbocycles. The fourth-order valence-electron chi connectivity index (χ4n) is 2.99. The van der Waals surface area contributed by atoms with E-state index in [0.717, 1.165) is 37.0 Å². The summed E-state index contributed by atoms with van der Waals surface area (Å²) in [6, 6.07) is 4.65. The van der Waals surface area contributed by atoms with Crippen molar-refractivity contribution in [2.24, 2.45) is 0 Å². The average molecular weight is 379 g/mol. The second kappa shape index (κ2) is 7.86. The van der Waals surface area contributed by atoms with Crippen LogP contribution < -0.4 is 15.8 Å². The number of carbonyl (C=O) groups is 1. The fourth-order valence-corrected chi connectivity index (χ4v) is 3.25. The van der Waals surface area contributed by atoms with Gasteiger partial charge in [0.25, 0.3) is 5.56 Å². The zero-order valence-corrected chi connectivity index (χ0v) is 15.2. The van der Waals surface area contributed by atoms with E-state index >= 15 is 0 Å². The molecule has 1 aromatic carbocycles. The van der Waals surface area contributed by atoms with Crippen LogP contribution in [0.5, 0.6) is 0 Å². The smallest absolute Gasteiger partial charge is 0.288 e. The summed E-state index contributed by atoms with van der Waals surface area (Å²) >= 11 is 6.27. The lowest BCUT2D eigenvalue weighted by Gasteiger charge is -2.29. The zero-order valence-electron chi connectivity index (χ0n) is 14.4. The molecule has 6 nitrogen and oxygen atoms in total. The van der Waals surface area contributed by atoms with E-state index in [0.29, 0.717) is 11.4 Å². The van der Waals surface area contributed by atoms with Gasteiger partial charge in [-0.1, -0.05) is 17.7 Å². The van der Waals surface area contributed by atoms with Gasteiger partial charge in [0.05, 0.1) is 11.9 Å². The van der Waals surface area contributed by atoms with Crippen LogP contribution in [0.4, 0.5) is 15.8 Å². The van der Waals surface area contributed by atoms with Gasteiger partial charge >= 0.3 is 0 Å². The van der Waals surface area contributed by atoms with Crippen LogP contribution in [0.2, 0.25) is 5.02 Å². The van der Waals surface area contributed by atoms with E-state index in [2.05, 4.69) is 10.4 Å². The van der Waals surface area contributed by atoms with Crippen molar-refractivity contribution in [2.45, 2.75) is 32.2 Å². The number of hydrogen-bond donors (Lipinski definition) is 1. The predicted molar refractivity (Wildman–Crippen MR) is 99.3 cm³/mol. The summed E-state index contributed by atoms with van der Waals surface area (Å²) in [5.74, 6) is -0.938. The number of benzene rings is 1. The number of nitrogens with zero attached hydrogens (tertiary/aromatic N) is 3. The monoisotopic (exact) mass is 378 g/mol. The Bertz CT molecular complexity index is 865. The molecule has 0 unspecified atom stereocenters. The Morgan fingerprint density at radius 2 is 2.04 bits per heavy atom. The predicted octanol–water partition coefficient (Wildman–Crippen LogP) is 3.23. The second-order valence-corrected chi connectivity index (χ2v) is 6.69. The molecule has 2 heterocycles. The second-order valence-electron chi connectivity index (χ2n) is 6.32. The van der Waals surface area contributed by atoms with Crippen molar-refractivity contribution >= 4 is 28.9 Å². The molecular formula is C18H20ClFN4O2. The first-order valence-corrected chi connectivity index (χ1v) is 8.94. The van der Waals surface area contributed by atoms with Crippen LogP contribution in [0.1, 0.15) is 32.2 Å². The highest BCUT2D eigenvalue weighted by Gasteiger charge is 2.22. The molecule has 1 fully saturated rings. The number of amides is 1. The van der Waals surface area contributed by atoms with Gasteiger partial charge < -0.3 is 10.2 Å². The third kappa shape index (κ3) is 3.88. The van der Waals surface area contributed by atoms with Gasteiger partial charge in [0.2, 0.25) is 5.91 Å². The van der Waals surface area contributed by atoms with Crippen molar-refractivity contribution in [3.05, 3.63) is 51.7 Å². The minimum Gasteiger partial charge on any atom is -0.369 e. The Morgan fingerprint density at radius 3 is 2.73 bits per heavy atom. The number of halogens is 2. The van der Waals surface area contributed by atoms with Crippen LogP contribution >= 0.6 is 11.6 Å². The summed E-state index contributed by atoms with van der Waals surface area (Å²) in [6.07, 6.45) is 4.79. The molecule has 1 N–H and O–H groups in total. The summed E-state index contributed by atoms with van der Waals surface area (Å²) < 4.78 is 14.3. The average Bonchev–Trinajstić information content (AvgIpc) is 2.64. The Morgan fingerprint density at radius 1 is 1.31 bits per heavy atom. The molecule has 1 aliphatic heterocycles. The maximum Gasteiger partial charge on any atom is 0.288 e. The minimum absolute atomic E-state index is 0.0623. The molecule has 8 heteroatoms. The number of nitrogens with one attached hydrogen (secondary N) is 1. The fraction of sp³-hybridized carbons (Fsp3) is 0.389. The lowest BCUT2D eigenvalue weighted by molar-refractivity contribution is -0.119. The zero-order chi connectivity index (χ0) is 18.7. The SMILES string of the molecule is C[C@H](C(=O)Nc1cccc(F)c1)n1ncc(N2CCCCC2)c(Cl)c1=O. The maximum absolute atomic E-state index is 13.2. The van der Waals surface area contributed by atoms with E-state index in [-0.39, 0.29) is 5.02 Å². The molecule has 1 aromatic heterocycles. The van der Waals surface area contributed by atoms with Crippen molar-refractivity contribution in [3.63, 3.8) is 0 Å². The number of piperidine rings is 1. The standard InChI is InChI=1S/C18H20ClFN4O2/c1-12(17(25)22-14-7-5-6-13(20)10-14)24-18(26)16(19)15(11-21-24)23-8-3-2-4-9-23/h5-7,10-12H,2-4,8-9H2,1H3,(H,22,25)/t12-/m1/s1. The first-order chi connectivity index (χ1) is 12.5. The molecule has 0 bridgehead atoms. The van der Waals surface area contributed by atoms with Crippen molar-refractivity contribution < 1.29 is 9.18 Å². The van der Waals surface area contributed by atoms with E-state index in [9.17, 15) is 14.0 Å². The van der Waals surface area contributed by atoms with Crippen LogP contribution in [-0.4, -0.2) is 28.8 Å². The summed E-state index contributed by atoms with van der Waals surface area (Å²) in [7, 11) is 0. The molecule has 2 aromatic rings. The Hall–Kier alpha value is -2.41. The van der Waals surface area contributed by atoms with Crippen molar-refractivity contribution in [1.29, 1.82) is 0 Å². The van der Waals surface area contributed by atoms with Crippen LogP contribution in [-0.2, 0) is 4.79 Å². The Kier molecular flexibility index (Phi) is 5.56. The Labute approximate surface area is 155 Å². The molecule has 1 amide bonds. The normalized spacial score (nSPS) is 15.6. The number of carbonyl (C=O) groups excluding carboxylic acids is 1. The molecule has 0 spiro atoms. The van der Waals surface area contributed by atoms with Gasteiger partial charge in [-0.05, 0) is 44.4 Å². The summed E-state index contributed by atoms with van der Waals surface area (Å²) in [5.41, 5.74) is 0.396. The molecule has 1 aliphatic rings. The third-order valence-electron chi connectivity index (χ3n) is 4.46. The van der Waals surface area contributed by atoms with Gasteiger partial charge in [0.1, 0.15) is 16.9 Å². The summed E-state index contributed by atoms with van der Waals surface area (Å²) in [6.45, 7) is 3.21. The first-order valence-electron chi connectivity index (χ1n) is 8.56. The van der Waals surface area contributed by atoms with Crippen LogP contribution in [0.25, 0.3) is 0 Å². The molecule has 138 valence electrons. The van der Waals surface area contributed by atoms with Gasteiger partial charge in [0, 0.05) is 18.8 Å². The molecule has 0 saturated carbocycles. The van der Waals surface area contributed by atoms with Crippen LogP contribution in [0.3, 0.4) is 0 Å². The molecule has 26 heavy (non-hydrogen) atoms. The molecule has 0 radical (unpaired) electrons. The van der Waals surface area contributed by atoms with Crippen LogP contribution in [0, 0.1) is 5.82 Å². The minimum atomic E-state index is -0.890. The molecular weight excluding hydrogens is 359 g/mol. The van der Waals surface area contributed by atoms with Crippen LogP contribution in [0.15, 0.2) is 35.3 Å². The summed E-state index contributed by atoms with van der Waals surface area (Å²) in [4.78, 5) is 27.0. The highest BCUT2D eigenvalue weighted by atomic mass is 35.5. The number of rotatable bonds is 4. The lowest BCUT2D eigenvalue weighted by atomic mass is 10.1. The van der Waals surface area contributed by atoms with Crippen molar-refractivity contribution in [1.82, 2.24) is 9.78 Å². The van der Waals surface area contributed by atoms with Gasteiger partial charge in [-0.2, -0.15) is 5.10 Å². The Balaban J connectivity index is 1.80. The van der Waals surface area contributed by atoms with E-state index in [1.807, 2.05) is 4.90 Å². The van der Waals surface area contributed by atoms with E-state index in [1.165, 1.54) is 24.4 Å². The quantitative estimate of drug-likeness (QED) is 0.887. The van der Waals surface area contributed by atoms with Gasteiger partial charge in [-0.25, -0.2) is 9.07 Å². The topological polar surface area (TPSA) is 67.2 Å². The molecule has 1 atom stereocenters. The highest BCUT2D eigenvalue weighted by Crippen LogP contribution is 2.25. The number of anilines is 2. The first kappa shape index (κ1) is 18.4. The van der Waals surface area contributed by atoms with E-state index in [4.69, 9.17) is 11.6 Å². The highest BCUT2D eigenvalue weighted by molar-refractivity contribution is 6.33. The number of hydrogen-bond acceptors (Lipinski definition) is 4. The van der Waals surface area contributed by atoms with Gasteiger partial charge in [-0.3, -0.25) is 9.59 Å². The summed E-state index contributed by atoms with van der Waals surface area (Å²) in [5, 5.41) is 6.77. The maximum atomic E-state index is 13.2. The van der Waals surface area contributed by atoms with Gasteiger partial charge in [-0.15, -0.1) is 0 Å². The molecule has 3 rings (SSSR count). The van der Waals surface area contributed by atoms with E-state index < -0.39 is 23.3 Å². The third-order valence-corrected chi connectivity index (χ3v) is 4.82. The van der Waals surface area contributed by atoms with Gasteiger partial charge in [0.15, 0.2) is 0 Å². The lowest BCUT2D eigenvalue weighted by Crippen LogP contribution is -2.36. The largest absolute Gasteiger partial charge is 0.369 e. The van der Waals surface area contributed by atoms with Crippen molar-refractivity contribution in [2.75, 3.05) is 23.3 Å². The van der Waals surface area contributed by atoms with Crippen molar-refractivity contribution in [3.8, 4) is 0 Å².